The van der Waals surface area contributed by atoms with Crippen molar-refractivity contribution in [2.24, 2.45) is 5.73 Å². The zero-order valence-corrected chi connectivity index (χ0v) is 10.5. The molecule has 4 nitrogen and oxygen atoms in total. The Morgan fingerprint density at radius 2 is 2.17 bits per heavy atom. The van der Waals surface area contributed by atoms with E-state index in [1.165, 1.54) is 11.2 Å². The first-order valence-electron chi connectivity index (χ1n) is 6.41. The van der Waals surface area contributed by atoms with Gasteiger partial charge in [-0.05, 0) is 25.8 Å². The molecule has 0 fully saturated rings. The Balaban J connectivity index is 2.34. The number of aromatic nitrogens is 1. The molecule has 0 atom stereocenters. The van der Waals surface area contributed by atoms with Gasteiger partial charge in [-0.15, -0.1) is 0 Å². The largest absolute Gasteiger partial charge is 0.351 e. The average Bonchev–Trinajstić information content (AvgIpc) is 2.72. The summed E-state index contributed by atoms with van der Waals surface area (Å²) >= 11 is 0. The maximum absolute atomic E-state index is 11.6. The number of aryl methyl sites for hydroxylation is 1. The van der Waals surface area contributed by atoms with Gasteiger partial charge in [-0.25, -0.2) is 4.79 Å². The van der Waals surface area contributed by atoms with Crippen molar-refractivity contribution in [3.63, 3.8) is 0 Å². The van der Waals surface area contributed by atoms with Crippen LogP contribution in [0.25, 0.3) is 10.9 Å². The Morgan fingerprint density at radius 1 is 1.39 bits per heavy atom. The van der Waals surface area contributed by atoms with E-state index < -0.39 is 0 Å². The van der Waals surface area contributed by atoms with Crippen molar-refractivity contribution in [2.45, 2.75) is 26.3 Å². The maximum Gasteiger partial charge on any atom is 0.319 e. The van der Waals surface area contributed by atoms with Crippen LogP contribution in [-0.2, 0) is 13.0 Å². The van der Waals surface area contributed by atoms with Crippen LogP contribution in [-0.4, -0.2) is 17.1 Å². The van der Waals surface area contributed by atoms with Crippen molar-refractivity contribution in [2.75, 3.05) is 11.4 Å². The van der Waals surface area contributed by atoms with E-state index in [4.69, 9.17) is 5.73 Å². The van der Waals surface area contributed by atoms with E-state index >= 15 is 0 Å². The molecular weight excluding hydrogens is 226 g/mol. The molecule has 0 radical (unpaired) electrons. The number of nitrogens with zero attached hydrogens (tertiary/aromatic N) is 2. The highest BCUT2D eigenvalue weighted by molar-refractivity contribution is 6.04. The van der Waals surface area contributed by atoms with Crippen LogP contribution in [0.2, 0.25) is 0 Å². The van der Waals surface area contributed by atoms with Crippen molar-refractivity contribution >= 4 is 22.6 Å². The van der Waals surface area contributed by atoms with E-state index in [9.17, 15) is 4.79 Å². The second kappa shape index (κ2) is 4.05. The van der Waals surface area contributed by atoms with Crippen LogP contribution in [0.1, 0.15) is 19.0 Å². The molecule has 2 amide bonds. The second-order valence-electron chi connectivity index (χ2n) is 4.65. The van der Waals surface area contributed by atoms with Gasteiger partial charge < -0.3 is 10.3 Å². The Morgan fingerprint density at radius 3 is 2.89 bits per heavy atom. The number of hydrogen-bond acceptors (Lipinski definition) is 1. The highest BCUT2D eigenvalue weighted by Crippen LogP contribution is 2.37. The lowest BCUT2D eigenvalue weighted by atomic mass is 10.1. The maximum atomic E-state index is 11.6. The van der Waals surface area contributed by atoms with E-state index in [0.29, 0.717) is 0 Å². The normalized spacial score (nSPS) is 14.8. The Kier molecular flexibility index (Phi) is 2.51. The highest BCUT2D eigenvalue weighted by Gasteiger charge is 2.27. The number of para-hydroxylation sites is 1. The van der Waals surface area contributed by atoms with Crippen molar-refractivity contribution < 1.29 is 4.79 Å². The molecule has 0 saturated carbocycles. The van der Waals surface area contributed by atoms with Crippen molar-refractivity contribution in [3.8, 4) is 0 Å². The van der Waals surface area contributed by atoms with Gasteiger partial charge in [-0.3, -0.25) is 4.90 Å². The van der Waals surface area contributed by atoms with Crippen LogP contribution in [0.4, 0.5) is 10.5 Å². The number of nitrogens with two attached hydrogens (primary N) is 1. The van der Waals surface area contributed by atoms with Gasteiger partial charge >= 0.3 is 6.03 Å². The Labute approximate surface area is 106 Å². The van der Waals surface area contributed by atoms with Gasteiger partial charge in [0.1, 0.15) is 0 Å². The predicted molar refractivity (Wildman–Crippen MR) is 72.9 cm³/mol. The second-order valence-corrected chi connectivity index (χ2v) is 4.65. The molecule has 0 saturated heterocycles. The summed E-state index contributed by atoms with van der Waals surface area (Å²) < 4.78 is 2.29. The third-order valence-electron chi connectivity index (χ3n) is 3.70. The molecule has 2 aromatic rings. The molecule has 0 bridgehead atoms. The molecule has 0 spiro atoms. The lowest BCUT2D eigenvalue weighted by molar-refractivity contribution is 0.253. The number of rotatable bonds is 1. The number of anilines is 1. The summed E-state index contributed by atoms with van der Waals surface area (Å²) in [5.41, 5.74) is 8.95. The minimum Gasteiger partial charge on any atom is -0.351 e. The van der Waals surface area contributed by atoms with Crippen LogP contribution in [0.15, 0.2) is 24.3 Å². The van der Waals surface area contributed by atoms with Gasteiger partial charge in [0, 0.05) is 24.2 Å². The zero-order chi connectivity index (χ0) is 12.7. The Bertz CT molecular complexity index is 615. The van der Waals surface area contributed by atoms with Crippen LogP contribution in [0.3, 0.4) is 0 Å². The predicted octanol–water partition coefficient (Wildman–Crippen LogP) is 2.49. The first-order chi connectivity index (χ1) is 8.74. The van der Waals surface area contributed by atoms with Crippen LogP contribution in [0.5, 0.6) is 0 Å². The molecule has 2 N–H and O–H groups in total. The standard InChI is InChI=1S/C14H17N3O/c1-2-16-11-7-4-3-6-10(11)13-12(16)8-5-9-17(13)14(15)18/h3-4,6-7H,2,5,8-9H2,1H3,(H2,15,18). The number of carbonyl (C=O) groups excluding carboxylic acids is 1. The van der Waals surface area contributed by atoms with Gasteiger partial charge in [0.05, 0.1) is 11.2 Å². The van der Waals surface area contributed by atoms with E-state index in [1.54, 1.807) is 4.90 Å². The molecule has 94 valence electrons. The smallest absolute Gasteiger partial charge is 0.319 e. The summed E-state index contributed by atoms with van der Waals surface area (Å²) in [6, 6.07) is 7.87. The zero-order valence-electron chi connectivity index (χ0n) is 10.5. The lowest BCUT2D eigenvalue weighted by Gasteiger charge is -2.26. The summed E-state index contributed by atoms with van der Waals surface area (Å²) in [5, 5.41) is 1.13. The first-order valence-corrected chi connectivity index (χ1v) is 6.41. The molecule has 4 heteroatoms. The molecule has 1 aliphatic heterocycles. The minimum absolute atomic E-state index is 0.352. The van der Waals surface area contributed by atoms with E-state index in [0.717, 1.165) is 37.0 Å². The fourth-order valence-corrected chi connectivity index (χ4v) is 2.99. The Hall–Kier alpha value is -1.97. The lowest BCUT2D eigenvalue weighted by Crippen LogP contribution is -2.39. The molecule has 3 rings (SSSR count). The molecule has 1 aliphatic rings. The van der Waals surface area contributed by atoms with Gasteiger partial charge in [0.25, 0.3) is 0 Å². The van der Waals surface area contributed by atoms with Gasteiger partial charge in [-0.2, -0.15) is 0 Å². The van der Waals surface area contributed by atoms with Gasteiger partial charge in [0.15, 0.2) is 0 Å². The monoisotopic (exact) mass is 243 g/mol. The van der Waals surface area contributed by atoms with E-state index in [2.05, 4.69) is 23.6 Å². The summed E-state index contributed by atoms with van der Waals surface area (Å²) in [6.45, 7) is 3.78. The summed E-state index contributed by atoms with van der Waals surface area (Å²) in [7, 11) is 0. The summed E-state index contributed by atoms with van der Waals surface area (Å²) in [6.07, 6.45) is 1.99. The highest BCUT2D eigenvalue weighted by atomic mass is 16.2. The van der Waals surface area contributed by atoms with Gasteiger partial charge in [-0.1, -0.05) is 18.2 Å². The number of hydrogen-bond donors (Lipinski definition) is 1. The third-order valence-corrected chi connectivity index (χ3v) is 3.70. The first kappa shape index (κ1) is 11.1. The van der Waals surface area contributed by atoms with Crippen LogP contribution < -0.4 is 10.6 Å². The quantitative estimate of drug-likeness (QED) is 0.822. The third kappa shape index (κ3) is 1.41. The molecule has 18 heavy (non-hydrogen) atoms. The average molecular weight is 243 g/mol. The number of urea groups is 1. The number of primary amides is 1. The van der Waals surface area contributed by atoms with Crippen LogP contribution in [0, 0.1) is 0 Å². The van der Waals surface area contributed by atoms with Crippen molar-refractivity contribution in [1.29, 1.82) is 0 Å². The molecular formula is C14H17N3O. The number of amides is 2. The molecule has 0 unspecified atom stereocenters. The number of benzene rings is 1. The topological polar surface area (TPSA) is 51.3 Å². The molecule has 1 aromatic heterocycles. The molecule has 1 aromatic carbocycles. The van der Waals surface area contributed by atoms with Crippen LogP contribution >= 0.6 is 0 Å². The van der Waals surface area contributed by atoms with Gasteiger partial charge in [0.2, 0.25) is 0 Å². The van der Waals surface area contributed by atoms with E-state index in [-0.39, 0.29) is 6.03 Å². The molecule has 0 aliphatic carbocycles. The SMILES string of the molecule is CCn1c2c(c3ccccc31)N(C(N)=O)CCC2. The fraction of sp³-hybridized carbons (Fsp3) is 0.357. The van der Waals surface area contributed by atoms with E-state index in [1.807, 2.05) is 12.1 Å². The van der Waals surface area contributed by atoms with Crippen molar-refractivity contribution in [3.05, 3.63) is 30.0 Å². The number of fused-ring (bicyclic) bond motifs is 3. The summed E-state index contributed by atoms with van der Waals surface area (Å²) in [4.78, 5) is 13.3. The molecule has 2 heterocycles. The fourth-order valence-electron chi connectivity index (χ4n) is 2.99. The summed E-state index contributed by atoms with van der Waals surface area (Å²) in [5.74, 6) is 0. The minimum atomic E-state index is -0.352. The van der Waals surface area contributed by atoms with Crippen molar-refractivity contribution in [1.82, 2.24) is 4.57 Å². The number of carbonyl (C=O) groups is 1.